The minimum absolute atomic E-state index is 0.559. The summed E-state index contributed by atoms with van der Waals surface area (Å²) >= 11 is 0. The van der Waals surface area contributed by atoms with E-state index in [0.29, 0.717) is 5.41 Å². The van der Waals surface area contributed by atoms with Crippen molar-refractivity contribution >= 4 is 0 Å². The van der Waals surface area contributed by atoms with Crippen LogP contribution in [0.1, 0.15) is 89.3 Å². The highest BCUT2D eigenvalue weighted by Crippen LogP contribution is 2.41. The molecule has 1 aromatic rings. The van der Waals surface area contributed by atoms with Crippen LogP contribution in [0.5, 0.6) is 0 Å². The van der Waals surface area contributed by atoms with E-state index in [2.05, 4.69) is 28.6 Å². The van der Waals surface area contributed by atoms with E-state index in [1.807, 2.05) is 0 Å². The van der Waals surface area contributed by atoms with E-state index in [9.17, 15) is 0 Å². The Morgan fingerprint density at radius 2 is 1.70 bits per heavy atom. The molecule has 2 saturated carbocycles. The molecule has 2 aliphatic rings. The summed E-state index contributed by atoms with van der Waals surface area (Å²) in [6, 6.07) is 0.723. The van der Waals surface area contributed by atoms with Gasteiger partial charge in [-0.25, -0.2) is 0 Å². The van der Waals surface area contributed by atoms with Crippen molar-refractivity contribution in [2.45, 2.75) is 90.5 Å². The first-order valence-electron chi connectivity index (χ1n) is 8.64. The SMILES string of the molecule is CCCc1nnc(CCC2(C)CCCCC2)n1C1CC1. The lowest BCUT2D eigenvalue weighted by molar-refractivity contribution is 0.197. The van der Waals surface area contributed by atoms with E-state index in [1.165, 1.54) is 69.4 Å². The van der Waals surface area contributed by atoms with Gasteiger partial charge in [-0.3, -0.25) is 0 Å². The van der Waals surface area contributed by atoms with E-state index in [-0.39, 0.29) is 0 Å². The second kappa shape index (κ2) is 5.87. The fraction of sp³-hybridized carbons (Fsp3) is 0.882. The third-order valence-corrected chi connectivity index (χ3v) is 5.24. The van der Waals surface area contributed by atoms with Crippen molar-refractivity contribution in [1.29, 1.82) is 0 Å². The summed E-state index contributed by atoms with van der Waals surface area (Å²) in [4.78, 5) is 0. The zero-order valence-corrected chi connectivity index (χ0v) is 13.2. The molecule has 2 aliphatic carbocycles. The lowest BCUT2D eigenvalue weighted by Crippen LogP contribution is -2.21. The number of rotatable bonds is 6. The maximum Gasteiger partial charge on any atom is 0.133 e. The van der Waals surface area contributed by atoms with Crippen molar-refractivity contribution in [3.05, 3.63) is 11.6 Å². The standard InChI is InChI=1S/C17H29N3/c1-3-7-15-18-19-16(20(15)14-8-9-14)10-13-17(2)11-5-4-6-12-17/h14H,3-13H2,1-2H3. The molecule has 0 aromatic carbocycles. The van der Waals surface area contributed by atoms with Gasteiger partial charge in [-0.2, -0.15) is 0 Å². The molecule has 112 valence electrons. The summed E-state index contributed by atoms with van der Waals surface area (Å²) in [6.45, 7) is 4.71. The normalized spacial score (nSPS) is 22.1. The lowest BCUT2D eigenvalue weighted by Gasteiger charge is -2.33. The maximum absolute atomic E-state index is 4.52. The average molecular weight is 275 g/mol. The van der Waals surface area contributed by atoms with Crippen LogP contribution in [-0.2, 0) is 12.8 Å². The van der Waals surface area contributed by atoms with Crippen molar-refractivity contribution in [3.63, 3.8) is 0 Å². The minimum atomic E-state index is 0.559. The van der Waals surface area contributed by atoms with Crippen LogP contribution in [0.15, 0.2) is 0 Å². The Morgan fingerprint density at radius 1 is 1.05 bits per heavy atom. The number of hydrogen-bond acceptors (Lipinski definition) is 2. The summed E-state index contributed by atoms with van der Waals surface area (Å²) in [7, 11) is 0. The quantitative estimate of drug-likeness (QED) is 0.767. The predicted molar refractivity (Wildman–Crippen MR) is 81.8 cm³/mol. The number of nitrogens with zero attached hydrogens (tertiary/aromatic N) is 3. The van der Waals surface area contributed by atoms with Crippen molar-refractivity contribution in [2.24, 2.45) is 5.41 Å². The third kappa shape index (κ3) is 3.07. The largest absolute Gasteiger partial charge is 0.312 e. The van der Waals surface area contributed by atoms with E-state index < -0.39 is 0 Å². The molecule has 0 saturated heterocycles. The van der Waals surface area contributed by atoms with Crippen LogP contribution in [0.25, 0.3) is 0 Å². The highest BCUT2D eigenvalue weighted by Gasteiger charge is 2.31. The highest BCUT2D eigenvalue weighted by molar-refractivity contribution is 5.04. The summed E-state index contributed by atoms with van der Waals surface area (Å²) in [5, 5.41) is 8.99. The monoisotopic (exact) mass is 275 g/mol. The van der Waals surface area contributed by atoms with Gasteiger partial charge in [0.2, 0.25) is 0 Å². The van der Waals surface area contributed by atoms with Crippen LogP contribution in [0.2, 0.25) is 0 Å². The maximum atomic E-state index is 4.52. The fourth-order valence-corrected chi connectivity index (χ4v) is 3.75. The van der Waals surface area contributed by atoms with Gasteiger partial charge in [0.1, 0.15) is 11.6 Å². The van der Waals surface area contributed by atoms with E-state index in [4.69, 9.17) is 0 Å². The second-order valence-electron chi connectivity index (χ2n) is 7.25. The molecule has 0 unspecified atom stereocenters. The smallest absolute Gasteiger partial charge is 0.133 e. The molecule has 3 rings (SSSR count). The first kappa shape index (κ1) is 14.1. The summed E-state index contributed by atoms with van der Waals surface area (Å²) in [5.74, 6) is 2.50. The predicted octanol–water partition coefficient (Wildman–Crippen LogP) is 4.47. The molecular formula is C17H29N3. The number of hydrogen-bond donors (Lipinski definition) is 0. The van der Waals surface area contributed by atoms with Crippen molar-refractivity contribution in [2.75, 3.05) is 0 Å². The summed E-state index contributed by atoms with van der Waals surface area (Å²) in [6.07, 6.45) is 14.4. The Balaban J connectivity index is 1.67. The Morgan fingerprint density at radius 3 is 2.30 bits per heavy atom. The Hall–Kier alpha value is -0.860. The van der Waals surface area contributed by atoms with Gasteiger partial charge in [0.25, 0.3) is 0 Å². The van der Waals surface area contributed by atoms with Crippen LogP contribution in [0, 0.1) is 5.41 Å². The van der Waals surface area contributed by atoms with Gasteiger partial charge in [-0.15, -0.1) is 10.2 Å². The average Bonchev–Trinajstić information content (AvgIpc) is 3.20. The van der Waals surface area contributed by atoms with Gasteiger partial charge in [-0.05, 0) is 43.9 Å². The van der Waals surface area contributed by atoms with Gasteiger partial charge in [0.15, 0.2) is 0 Å². The van der Waals surface area contributed by atoms with Crippen molar-refractivity contribution in [3.8, 4) is 0 Å². The van der Waals surface area contributed by atoms with E-state index >= 15 is 0 Å². The summed E-state index contributed by atoms with van der Waals surface area (Å²) in [5.41, 5.74) is 0.559. The first-order valence-corrected chi connectivity index (χ1v) is 8.64. The van der Waals surface area contributed by atoms with Crippen LogP contribution in [0.4, 0.5) is 0 Å². The molecule has 0 atom stereocenters. The highest BCUT2D eigenvalue weighted by atomic mass is 15.3. The molecule has 3 heteroatoms. The molecule has 0 spiro atoms. The Labute approximate surface area is 123 Å². The van der Waals surface area contributed by atoms with Gasteiger partial charge < -0.3 is 4.57 Å². The van der Waals surface area contributed by atoms with E-state index in [0.717, 1.165) is 18.9 Å². The lowest BCUT2D eigenvalue weighted by atomic mass is 9.73. The molecule has 0 radical (unpaired) electrons. The van der Waals surface area contributed by atoms with Crippen molar-refractivity contribution in [1.82, 2.24) is 14.8 Å². The van der Waals surface area contributed by atoms with Crippen LogP contribution in [0.3, 0.4) is 0 Å². The molecular weight excluding hydrogens is 246 g/mol. The topological polar surface area (TPSA) is 30.7 Å². The molecule has 0 N–H and O–H groups in total. The zero-order valence-electron chi connectivity index (χ0n) is 13.2. The summed E-state index contributed by atoms with van der Waals surface area (Å²) < 4.78 is 2.48. The number of aromatic nitrogens is 3. The fourth-order valence-electron chi connectivity index (χ4n) is 3.75. The Kier molecular flexibility index (Phi) is 4.13. The molecule has 20 heavy (non-hydrogen) atoms. The van der Waals surface area contributed by atoms with Gasteiger partial charge in [0, 0.05) is 18.9 Å². The molecule has 3 nitrogen and oxygen atoms in total. The minimum Gasteiger partial charge on any atom is -0.312 e. The van der Waals surface area contributed by atoms with Gasteiger partial charge >= 0.3 is 0 Å². The molecule has 0 aliphatic heterocycles. The van der Waals surface area contributed by atoms with Gasteiger partial charge in [0.05, 0.1) is 0 Å². The molecule has 0 amide bonds. The van der Waals surface area contributed by atoms with Crippen LogP contribution in [-0.4, -0.2) is 14.8 Å². The van der Waals surface area contributed by atoms with Crippen LogP contribution >= 0.6 is 0 Å². The van der Waals surface area contributed by atoms with Gasteiger partial charge in [-0.1, -0.05) is 33.1 Å². The molecule has 1 aromatic heterocycles. The molecule has 0 bridgehead atoms. The zero-order chi connectivity index (χ0) is 14.0. The van der Waals surface area contributed by atoms with E-state index in [1.54, 1.807) is 0 Å². The first-order chi connectivity index (χ1) is 9.72. The second-order valence-corrected chi connectivity index (χ2v) is 7.25. The van der Waals surface area contributed by atoms with Crippen molar-refractivity contribution < 1.29 is 0 Å². The molecule has 1 heterocycles. The number of aryl methyl sites for hydroxylation is 2. The third-order valence-electron chi connectivity index (χ3n) is 5.24. The molecule has 2 fully saturated rings. The van der Waals surface area contributed by atoms with Crippen LogP contribution < -0.4 is 0 Å². The Bertz CT molecular complexity index is 439.